The first kappa shape index (κ1) is 19.0. The van der Waals surface area contributed by atoms with E-state index in [0.29, 0.717) is 29.3 Å². The Morgan fingerprint density at radius 2 is 1.81 bits per heavy atom. The van der Waals surface area contributed by atoms with Crippen molar-refractivity contribution >= 4 is 11.9 Å². The van der Waals surface area contributed by atoms with Crippen LogP contribution in [-0.2, 0) is 4.79 Å². The second kappa shape index (κ2) is 7.82. The molecule has 142 valence electrons. The van der Waals surface area contributed by atoms with Gasteiger partial charge in [0.1, 0.15) is 11.7 Å². The third kappa shape index (κ3) is 3.68. The summed E-state index contributed by atoms with van der Waals surface area (Å²) in [6.45, 7) is 4.71. The van der Waals surface area contributed by atoms with Crippen molar-refractivity contribution in [3.05, 3.63) is 65.2 Å². The predicted octanol–water partition coefficient (Wildman–Crippen LogP) is 4.11. The molecule has 27 heavy (non-hydrogen) atoms. The summed E-state index contributed by atoms with van der Waals surface area (Å²) in [4.78, 5) is 27.2. The van der Waals surface area contributed by atoms with Gasteiger partial charge in [0.15, 0.2) is 0 Å². The van der Waals surface area contributed by atoms with Gasteiger partial charge in [0, 0.05) is 12.1 Å². The van der Waals surface area contributed by atoms with Gasteiger partial charge < -0.3 is 14.7 Å². The zero-order valence-electron chi connectivity index (χ0n) is 15.9. The normalized spacial score (nSPS) is 19.1. The fourth-order valence-corrected chi connectivity index (χ4v) is 3.67. The number of carboxylic acid groups (broad SMARTS) is 1. The van der Waals surface area contributed by atoms with Crippen molar-refractivity contribution in [2.75, 3.05) is 13.7 Å². The molecule has 1 aliphatic heterocycles. The number of rotatable bonds is 6. The van der Waals surface area contributed by atoms with Crippen LogP contribution in [0.5, 0.6) is 5.75 Å². The Kier molecular flexibility index (Phi) is 5.49. The average Bonchev–Trinajstić information content (AvgIpc) is 2.66. The van der Waals surface area contributed by atoms with E-state index >= 15 is 0 Å². The minimum absolute atomic E-state index is 0.107. The number of benzene rings is 2. The minimum Gasteiger partial charge on any atom is -0.497 e. The summed E-state index contributed by atoms with van der Waals surface area (Å²) in [5.74, 6) is -0.731. The number of methoxy groups -OCH3 is 1. The van der Waals surface area contributed by atoms with Crippen LogP contribution in [-0.4, -0.2) is 35.5 Å². The zero-order valence-corrected chi connectivity index (χ0v) is 15.9. The SMILES string of the molecule is COc1ccc([C@H]2[C@H](C(=O)O)c3ccccc3C(=O)N2CCC(C)C)cc1. The molecule has 3 rings (SSSR count). The molecule has 1 N–H and O–H groups in total. The van der Waals surface area contributed by atoms with E-state index in [-0.39, 0.29) is 5.91 Å². The van der Waals surface area contributed by atoms with Gasteiger partial charge in [-0.25, -0.2) is 0 Å². The van der Waals surface area contributed by atoms with E-state index in [1.165, 1.54) is 0 Å². The summed E-state index contributed by atoms with van der Waals surface area (Å²) in [5, 5.41) is 10.0. The quantitative estimate of drug-likeness (QED) is 0.834. The van der Waals surface area contributed by atoms with Gasteiger partial charge in [0.05, 0.1) is 13.2 Å². The van der Waals surface area contributed by atoms with Crippen molar-refractivity contribution in [3.8, 4) is 5.75 Å². The number of aliphatic carboxylic acids is 1. The summed E-state index contributed by atoms with van der Waals surface area (Å²) in [6.07, 6.45) is 0.812. The van der Waals surface area contributed by atoms with E-state index in [9.17, 15) is 14.7 Å². The van der Waals surface area contributed by atoms with Crippen LogP contribution in [0.1, 0.15) is 53.7 Å². The van der Waals surface area contributed by atoms with Gasteiger partial charge in [0.25, 0.3) is 5.91 Å². The van der Waals surface area contributed by atoms with Crippen LogP contribution in [0.2, 0.25) is 0 Å². The Morgan fingerprint density at radius 3 is 2.41 bits per heavy atom. The van der Waals surface area contributed by atoms with Gasteiger partial charge in [-0.05, 0) is 41.7 Å². The molecule has 5 heteroatoms. The van der Waals surface area contributed by atoms with Crippen LogP contribution >= 0.6 is 0 Å². The molecule has 2 aromatic carbocycles. The Morgan fingerprint density at radius 1 is 1.15 bits per heavy atom. The Bertz CT molecular complexity index is 828. The molecule has 1 aliphatic rings. The average molecular weight is 367 g/mol. The predicted molar refractivity (Wildman–Crippen MR) is 103 cm³/mol. The Balaban J connectivity index is 2.13. The number of ether oxygens (including phenoxy) is 1. The van der Waals surface area contributed by atoms with Crippen LogP contribution in [0.3, 0.4) is 0 Å². The molecule has 0 aromatic heterocycles. The van der Waals surface area contributed by atoms with E-state index < -0.39 is 17.9 Å². The number of carboxylic acids is 1. The second-order valence-electron chi connectivity index (χ2n) is 7.30. The largest absolute Gasteiger partial charge is 0.497 e. The molecule has 0 fully saturated rings. The van der Waals surface area contributed by atoms with Crippen molar-refractivity contribution in [3.63, 3.8) is 0 Å². The number of carbonyl (C=O) groups is 2. The molecule has 0 aliphatic carbocycles. The smallest absolute Gasteiger partial charge is 0.313 e. The lowest BCUT2D eigenvalue weighted by atomic mass is 9.79. The maximum Gasteiger partial charge on any atom is 0.313 e. The van der Waals surface area contributed by atoms with E-state index in [0.717, 1.165) is 12.0 Å². The Labute approximate surface area is 159 Å². The number of carbonyl (C=O) groups excluding carboxylic acids is 1. The van der Waals surface area contributed by atoms with Gasteiger partial charge >= 0.3 is 5.97 Å². The first-order valence-electron chi connectivity index (χ1n) is 9.20. The van der Waals surface area contributed by atoms with Crippen molar-refractivity contribution in [2.24, 2.45) is 5.92 Å². The summed E-state index contributed by atoms with van der Waals surface area (Å²) in [7, 11) is 1.59. The number of hydrogen-bond donors (Lipinski definition) is 1. The molecule has 0 saturated carbocycles. The molecule has 1 heterocycles. The van der Waals surface area contributed by atoms with E-state index in [1.807, 2.05) is 12.1 Å². The third-order valence-electron chi connectivity index (χ3n) is 5.11. The molecule has 0 bridgehead atoms. The van der Waals surface area contributed by atoms with Crippen LogP contribution in [0.25, 0.3) is 0 Å². The number of amides is 1. The first-order chi connectivity index (χ1) is 12.9. The molecule has 0 radical (unpaired) electrons. The van der Waals surface area contributed by atoms with Crippen molar-refractivity contribution in [2.45, 2.75) is 32.2 Å². The monoisotopic (exact) mass is 367 g/mol. The van der Waals surface area contributed by atoms with Gasteiger partial charge in [-0.15, -0.1) is 0 Å². The zero-order chi connectivity index (χ0) is 19.6. The maximum absolute atomic E-state index is 13.2. The van der Waals surface area contributed by atoms with Gasteiger partial charge in [-0.1, -0.05) is 44.2 Å². The molecular formula is C22H25NO4. The van der Waals surface area contributed by atoms with Crippen LogP contribution in [0, 0.1) is 5.92 Å². The highest BCUT2D eigenvalue weighted by Gasteiger charge is 2.44. The topological polar surface area (TPSA) is 66.8 Å². The lowest BCUT2D eigenvalue weighted by Crippen LogP contribution is -2.45. The molecular weight excluding hydrogens is 342 g/mol. The molecule has 0 unspecified atom stereocenters. The lowest BCUT2D eigenvalue weighted by Gasteiger charge is -2.41. The highest BCUT2D eigenvalue weighted by atomic mass is 16.5. The number of fused-ring (bicyclic) bond motifs is 1. The van der Waals surface area contributed by atoms with Crippen LogP contribution in [0.15, 0.2) is 48.5 Å². The van der Waals surface area contributed by atoms with Crippen LogP contribution < -0.4 is 4.74 Å². The lowest BCUT2D eigenvalue weighted by molar-refractivity contribution is -0.140. The molecule has 2 aromatic rings. The maximum atomic E-state index is 13.2. The molecule has 0 saturated heterocycles. The molecule has 5 nitrogen and oxygen atoms in total. The van der Waals surface area contributed by atoms with E-state index in [4.69, 9.17) is 4.74 Å². The number of hydrogen-bond acceptors (Lipinski definition) is 3. The molecule has 1 amide bonds. The van der Waals surface area contributed by atoms with Gasteiger partial charge in [-0.3, -0.25) is 9.59 Å². The number of nitrogens with zero attached hydrogens (tertiary/aromatic N) is 1. The van der Waals surface area contributed by atoms with Crippen molar-refractivity contribution < 1.29 is 19.4 Å². The molecule has 0 spiro atoms. The summed E-state index contributed by atoms with van der Waals surface area (Å²) in [5.41, 5.74) is 1.87. The molecule has 2 atom stereocenters. The fourth-order valence-electron chi connectivity index (χ4n) is 3.67. The van der Waals surface area contributed by atoms with Crippen LogP contribution in [0.4, 0.5) is 0 Å². The highest BCUT2D eigenvalue weighted by Crippen LogP contribution is 2.43. The first-order valence-corrected chi connectivity index (χ1v) is 9.20. The second-order valence-corrected chi connectivity index (χ2v) is 7.30. The fraction of sp³-hybridized carbons (Fsp3) is 0.364. The highest BCUT2D eigenvalue weighted by molar-refractivity contribution is 6.00. The van der Waals surface area contributed by atoms with Crippen molar-refractivity contribution in [1.29, 1.82) is 0 Å². The van der Waals surface area contributed by atoms with Gasteiger partial charge in [0.2, 0.25) is 0 Å². The Hall–Kier alpha value is -2.82. The van der Waals surface area contributed by atoms with E-state index in [1.54, 1.807) is 48.4 Å². The standard InChI is InChI=1S/C22H25NO4/c1-14(2)12-13-23-20(15-8-10-16(27-3)11-9-15)19(22(25)26)17-6-4-5-7-18(17)21(23)24/h4-11,14,19-20H,12-13H2,1-3H3,(H,25,26)/t19-,20+/m1/s1. The third-order valence-corrected chi connectivity index (χ3v) is 5.11. The van der Waals surface area contributed by atoms with E-state index in [2.05, 4.69) is 13.8 Å². The van der Waals surface area contributed by atoms with Gasteiger partial charge in [-0.2, -0.15) is 0 Å². The minimum atomic E-state index is -0.926. The summed E-state index contributed by atoms with van der Waals surface area (Å²) >= 11 is 0. The summed E-state index contributed by atoms with van der Waals surface area (Å²) < 4.78 is 5.22. The van der Waals surface area contributed by atoms with Crippen molar-refractivity contribution in [1.82, 2.24) is 4.90 Å². The summed E-state index contributed by atoms with van der Waals surface area (Å²) in [6, 6.07) is 13.8.